The number of aliphatic hydroxyl groups excluding tert-OH is 1. The van der Waals surface area contributed by atoms with Gasteiger partial charge in [0.2, 0.25) is 11.8 Å². The molecular weight excluding hydrogens is 562 g/mol. The third-order valence-corrected chi connectivity index (χ3v) is 9.90. The van der Waals surface area contributed by atoms with E-state index < -0.39 is 22.6 Å². The van der Waals surface area contributed by atoms with Gasteiger partial charge in [-0.15, -0.1) is 0 Å². The topological polar surface area (TPSA) is 138 Å². The molecular formula is C33H49N5O6. The van der Waals surface area contributed by atoms with Gasteiger partial charge in [-0.25, -0.2) is 4.79 Å². The number of carbonyl (C=O) groups is 2. The highest BCUT2D eigenvalue weighted by Gasteiger charge is 2.52. The number of allylic oxidation sites excluding steroid dienone is 2. The molecule has 242 valence electrons. The van der Waals surface area contributed by atoms with Crippen LogP contribution in [0.25, 0.3) is 0 Å². The Morgan fingerprint density at radius 3 is 2.45 bits per heavy atom. The number of carbonyl (C=O) groups excluding carboxylic acids is 2. The standard InChI is InChI=1S/C33H49N5O6/c1-20(22-13-11-17-37(22)7)42-25-18-26(43-24-19-38(32(24,5)6)30(41)44-31(2,3)4)36-29(35-25)27(34)21-12-10-16-33(28(21)40)15-9-8-14-23(33)39/h18,20,22,24,34,40H,8-17,19H2,1-7H3/t20-,22-,24+,33+/m0/s1. The zero-order valence-corrected chi connectivity index (χ0v) is 27.4. The van der Waals surface area contributed by atoms with Gasteiger partial charge in [-0.05, 0) is 100 Å². The van der Waals surface area contributed by atoms with Gasteiger partial charge >= 0.3 is 6.09 Å². The van der Waals surface area contributed by atoms with Gasteiger partial charge in [0.1, 0.15) is 35.1 Å². The number of nitrogens with one attached hydrogen (secondary N) is 1. The summed E-state index contributed by atoms with van der Waals surface area (Å²) >= 11 is 0. The van der Waals surface area contributed by atoms with Crippen LogP contribution < -0.4 is 9.47 Å². The summed E-state index contributed by atoms with van der Waals surface area (Å²) in [5.41, 5.74) is -1.80. The lowest BCUT2D eigenvalue weighted by molar-refractivity contribution is -0.131. The van der Waals surface area contributed by atoms with Crippen molar-refractivity contribution in [3.63, 3.8) is 0 Å². The Morgan fingerprint density at radius 1 is 1.11 bits per heavy atom. The maximum atomic E-state index is 13.1. The maximum absolute atomic E-state index is 13.1. The van der Waals surface area contributed by atoms with E-state index >= 15 is 0 Å². The van der Waals surface area contributed by atoms with Gasteiger partial charge in [0.15, 0.2) is 5.82 Å². The summed E-state index contributed by atoms with van der Waals surface area (Å²) < 4.78 is 18.3. The molecule has 1 saturated carbocycles. The number of nitrogens with zero attached hydrogens (tertiary/aromatic N) is 4. The molecule has 4 aliphatic rings. The highest BCUT2D eigenvalue weighted by Crippen LogP contribution is 2.48. The van der Waals surface area contributed by atoms with Gasteiger partial charge in [0.25, 0.3) is 0 Å². The lowest BCUT2D eigenvalue weighted by Gasteiger charge is -2.53. The molecule has 1 spiro atoms. The second kappa shape index (κ2) is 11.9. The summed E-state index contributed by atoms with van der Waals surface area (Å²) in [6.07, 6.45) is 5.69. The Kier molecular flexibility index (Phi) is 8.74. The molecule has 44 heavy (non-hydrogen) atoms. The van der Waals surface area contributed by atoms with E-state index in [2.05, 4.69) is 21.9 Å². The van der Waals surface area contributed by atoms with Gasteiger partial charge < -0.3 is 19.3 Å². The number of amides is 1. The maximum Gasteiger partial charge on any atom is 0.410 e. The number of likely N-dealkylation sites (tertiary alicyclic amines) is 2. The molecule has 2 aliphatic carbocycles. The van der Waals surface area contributed by atoms with Crippen LogP contribution in [0.1, 0.15) is 105 Å². The minimum Gasteiger partial charge on any atom is -0.511 e. The van der Waals surface area contributed by atoms with Gasteiger partial charge in [-0.1, -0.05) is 6.42 Å². The number of ketones is 1. The van der Waals surface area contributed by atoms with Crippen molar-refractivity contribution < 1.29 is 28.9 Å². The number of Topliss-reactive ketones (excluding diaryl/α,β-unsaturated/α-hetero) is 1. The van der Waals surface area contributed by atoms with Crippen molar-refractivity contribution in [1.82, 2.24) is 19.8 Å². The molecule has 0 bridgehead atoms. The fourth-order valence-corrected chi connectivity index (χ4v) is 7.15. The van der Waals surface area contributed by atoms with Crippen LogP contribution >= 0.6 is 0 Å². The molecule has 3 fully saturated rings. The molecule has 2 N–H and O–H groups in total. The zero-order valence-electron chi connectivity index (χ0n) is 27.4. The monoisotopic (exact) mass is 611 g/mol. The van der Waals surface area contributed by atoms with Crippen molar-refractivity contribution in [3.8, 4) is 11.8 Å². The van der Waals surface area contributed by atoms with E-state index in [1.165, 1.54) is 0 Å². The van der Waals surface area contributed by atoms with Crippen LogP contribution in [-0.4, -0.2) is 92.0 Å². The van der Waals surface area contributed by atoms with E-state index in [9.17, 15) is 14.7 Å². The fourth-order valence-electron chi connectivity index (χ4n) is 7.15. The average molecular weight is 612 g/mol. The molecule has 0 radical (unpaired) electrons. The summed E-state index contributed by atoms with van der Waals surface area (Å²) in [5.74, 6) is 0.646. The highest BCUT2D eigenvalue weighted by atomic mass is 16.6. The van der Waals surface area contributed by atoms with Gasteiger partial charge in [0.05, 0.1) is 23.6 Å². The molecule has 11 nitrogen and oxygen atoms in total. The van der Waals surface area contributed by atoms with Gasteiger partial charge in [-0.3, -0.25) is 20.0 Å². The molecule has 3 heterocycles. The van der Waals surface area contributed by atoms with Crippen LogP contribution in [-0.2, 0) is 9.53 Å². The first-order valence-corrected chi connectivity index (χ1v) is 16.1. The average Bonchev–Trinajstić information content (AvgIpc) is 3.38. The van der Waals surface area contributed by atoms with Gasteiger partial charge in [0, 0.05) is 18.0 Å². The van der Waals surface area contributed by atoms with Crippen molar-refractivity contribution in [2.24, 2.45) is 5.41 Å². The quantitative estimate of drug-likeness (QED) is 0.377. The Labute approximate surface area is 260 Å². The molecule has 0 unspecified atom stereocenters. The Morgan fingerprint density at radius 2 is 1.82 bits per heavy atom. The fraction of sp³-hybridized carbons (Fsp3) is 0.727. The van der Waals surface area contributed by atoms with Crippen molar-refractivity contribution in [3.05, 3.63) is 23.2 Å². The second-order valence-corrected chi connectivity index (χ2v) is 14.5. The van der Waals surface area contributed by atoms with Crippen molar-refractivity contribution in [2.75, 3.05) is 20.1 Å². The van der Waals surface area contributed by atoms with Crippen LogP contribution in [0.5, 0.6) is 11.8 Å². The summed E-state index contributed by atoms with van der Waals surface area (Å²) in [7, 11) is 2.09. The summed E-state index contributed by atoms with van der Waals surface area (Å²) in [5, 5.41) is 20.6. The van der Waals surface area contributed by atoms with Crippen LogP contribution in [0.15, 0.2) is 17.4 Å². The molecule has 11 heteroatoms. The number of aromatic nitrogens is 2. The van der Waals surface area contributed by atoms with E-state index in [0.29, 0.717) is 44.2 Å². The Hall–Kier alpha value is -3.21. The smallest absolute Gasteiger partial charge is 0.410 e. The molecule has 1 aromatic heterocycles. The first-order chi connectivity index (χ1) is 20.6. The first kappa shape index (κ1) is 32.2. The number of rotatable bonds is 7. The predicted molar refractivity (Wildman–Crippen MR) is 165 cm³/mol. The van der Waals surface area contributed by atoms with Crippen molar-refractivity contribution in [1.29, 1.82) is 5.41 Å². The molecule has 1 amide bonds. The van der Waals surface area contributed by atoms with Crippen LogP contribution in [0.4, 0.5) is 4.79 Å². The van der Waals surface area contributed by atoms with E-state index in [1.54, 1.807) is 11.0 Å². The number of likely N-dealkylation sites (N-methyl/N-ethyl adjacent to an activating group) is 1. The number of aliphatic hydroxyl groups is 1. The van der Waals surface area contributed by atoms with Crippen molar-refractivity contribution in [2.45, 2.75) is 129 Å². The summed E-state index contributed by atoms with van der Waals surface area (Å²) in [4.78, 5) is 39.0. The largest absolute Gasteiger partial charge is 0.511 e. The lowest BCUT2D eigenvalue weighted by Crippen LogP contribution is -2.71. The zero-order chi connectivity index (χ0) is 32.0. The summed E-state index contributed by atoms with van der Waals surface area (Å²) in [6, 6.07) is 1.86. The number of hydrogen-bond acceptors (Lipinski definition) is 10. The summed E-state index contributed by atoms with van der Waals surface area (Å²) in [6.45, 7) is 12.7. The Balaban J connectivity index is 1.44. The molecule has 2 aliphatic heterocycles. The normalized spacial score (nSPS) is 28.1. The highest BCUT2D eigenvalue weighted by molar-refractivity contribution is 6.09. The third kappa shape index (κ3) is 6.17. The van der Waals surface area contributed by atoms with Crippen LogP contribution in [0, 0.1) is 10.8 Å². The predicted octanol–water partition coefficient (Wildman–Crippen LogP) is 5.61. The van der Waals surface area contributed by atoms with E-state index in [1.807, 2.05) is 41.5 Å². The molecule has 1 aromatic rings. The van der Waals surface area contributed by atoms with Gasteiger partial charge in [-0.2, -0.15) is 9.97 Å². The number of ether oxygens (including phenoxy) is 3. The van der Waals surface area contributed by atoms with Crippen LogP contribution in [0.2, 0.25) is 0 Å². The lowest BCUT2D eigenvalue weighted by atomic mass is 9.64. The second-order valence-electron chi connectivity index (χ2n) is 14.5. The minimum absolute atomic E-state index is 0.00455. The van der Waals surface area contributed by atoms with Crippen LogP contribution in [0.3, 0.4) is 0 Å². The molecule has 0 aromatic carbocycles. The molecule has 5 rings (SSSR count). The molecule has 4 atom stereocenters. The van der Waals surface area contributed by atoms with E-state index in [4.69, 9.17) is 19.6 Å². The van der Waals surface area contributed by atoms with Crippen molar-refractivity contribution >= 4 is 17.6 Å². The SMILES string of the molecule is C[C@H](Oc1cc(O[C@@H]2CN(C(=O)OC(C)(C)C)C2(C)C)nc(C(=N)C2=C(O)[C@]3(CCCCC3=O)CCC2)n1)[C@@H]1CCCN1C. The Bertz CT molecular complexity index is 1340. The van der Waals surface area contributed by atoms with E-state index in [-0.39, 0.29) is 53.1 Å². The number of hydrogen-bond donors (Lipinski definition) is 2. The minimum atomic E-state index is -0.909. The first-order valence-electron chi connectivity index (χ1n) is 16.1. The third-order valence-electron chi connectivity index (χ3n) is 9.90. The van der Waals surface area contributed by atoms with E-state index in [0.717, 1.165) is 32.2 Å². The molecule has 2 saturated heterocycles.